The highest BCUT2D eigenvalue weighted by Crippen LogP contribution is 2.28. The summed E-state index contributed by atoms with van der Waals surface area (Å²) in [6.07, 6.45) is 3.64. The Morgan fingerprint density at radius 1 is 1.16 bits per heavy atom. The van der Waals surface area contributed by atoms with Gasteiger partial charge >= 0.3 is 0 Å². The van der Waals surface area contributed by atoms with Gasteiger partial charge in [-0.05, 0) is 18.2 Å². The zero-order valence-electron chi connectivity index (χ0n) is 9.92. The van der Waals surface area contributed by atoms with Gasteiger partial charge in [-0.25, -0.2) is 4.98 Å². The summed E-state index contributed by atoms with van der Waals surface area (Å²) in [4.78, 5) is 4.28. The molecule has 0 spiro atoms. The van der Waals surface area contributed by atoms with E-state index in [9.17, 15) is 0 Å². The summed E-state index contributed by atoms with van der Waals surface area (Å²) in [5, 5.41) is 5.12. The van der Waals surface area contributed by atoms with Crippen molar-refractivity contribution in [3.05, 3.63) is 40.6 Å². The molecule has 2 N–H and O–H groups in total. The van der Waals surface area contributed by atoms with Gasteiger partial charge in [0, 0.05) is 18.9 Å². The first-order chi connectivity index (χ1) is 9.15. The summed E-state index contributed by atoms with van der Waals surface area (Å²) >= 11 is 12.0. The largest absolute Gasteiger partial charge is 0.369 e. The van der Waals surface area contributed by atoms with E-state index in [0.29, 0.717) is 29.1 Å². The van der Waals surface area contributed by atoms with Crippen molar-refractivity contribution in [2.45, 2.75) is 13.1 Å². The summed E-state index contributed by atoms with van der Waals surface area (Å²) in [5.41, 5.74) is 7.55. The van der Waals surface area contributed by atoms with Crippen molar-refractivity contribution in [3.63, 3.8) is 0 Å². The third-order valence-electron chi connectivity index (χ3n) is 2.93. The summed E-state index contributed by atoms with van der Waals surface area (Å²) in [5.74, 6) is 0.445. The van der Waals surface area contributed by atoms with E-state index in [-0.39, 0.29) is 0 Å². The van der Waals surface area contributed by atoms with E-state index < -0.39 is 0 Å². The number of aromatic nitrogens is 4. The third-order valence-corrected chi connectivity index (χ3v) is 3.65. The maximum atomic E-state index is 6.04. The van der Waals surface area contributed by atoms with Crippen LogP contribution in [0.1, 0.15) is 0 Å². The molecule has 0 aliphatic carbocycles. The van der Waals surface area contributed by atoms with Gasteiger partial charge in [0.1, 0.15) is 0 Å². The van der Waals surface area contributed by atoms with Crippen LogP contribution < -0.4 is 5.73 Å². The number of fused-ring (bicyclic) bond motifs is 1. The second-order valence-corrected chi connectivity index (χ2v) is 4.96. The monoisotopic (exact) mass is 295 g/mol. The van der Waals surface area contributed by atoms with Crippen molar-refractivity contribution >= 4 is 40.2 Å². The molecule has 0 amide bonds. The number of hydrogen-bond donors (Lipinski definition) is 1. The zero-order valence-corrected chi connectivity index (χ0v) is 11.4. The van der Waals surface area contributed by atoms with Crippen LogP contribution in [0.15, 0.2) is 30.6 Å². The second kappa shape index (κ2) is 4.75. The third kappa shape index (κ3) is 2.27. The fourth-order valence-corrected chi connectivity index (χ4v) is 2.32. The average Bonchev–Trinajstić information content (AvgIpc) is 2.96. The molecule has 19 heavy (non-hydrogen) atoms. The number of aryl methyl sites for hydroxylation is 2. The lowest BCUT2D eigenvalue weighted by Gasteiger charge is -2.07. The maximum absolute atomic E-state index is 6.04. The molecular formula is C12H11Cl2N5. The van der Waals surface area contributed by atoms with Crippen LogP contribution in [-0.4, -0.2) is 19.3 Å². The number of imidazole rings is 1. The molecule has 0 unspecified atom stereocenters. The number of nitrogens with zero attached hydrogens (tertiary/aromatic N) is 4. The number of rotatable bonds is 3. The van der Waals surface area contributed by atoms with E-state index in [0.717, 1.165) is 11.0 Å². The van der Waals surface area contributed by atoms with E-state index in [1.807, 2.05) is 21.5 Å². The van der Waals surface area contributed by atoms with Crippen LogP contribution in [-0.2, 0) is 13.1 Å². The SMILES string of the molecule is Nc1nc2cc(Cl)c(Cl)cc2n1CCn1cccn1. The molecule has 0 aliphatic heterocycles. The van der Waals surface area contributed by atoms with Crippen LogP contribution in [0.25, 0.3) is 11.0 Å². The first kappa shape index (κ1) is 12.3. The van der Waals surface area contributed by atoms with Crippen LogP contribution in [0.2, 0.25) is 10.0 Å². The van der Waals surface area contributed by atoms with Crippen molar-refractivity contribution in [2.24, 2.45) is 0 Å². The first-order valence-corrected chi connectivity index (χ1v) is 6.49. The fraction of sp³-hybridized carbons (Fsp3) is 0.167. The molecule has 7 heteroatoms. The minimum Gasteiger partial charge on any atom is -0.369 e. The molecule has 0 saturated heterocycles. The van der Waals surface area contributed by atoms with Gasteiger partial charge in [-0.3, -0.25) is 4.68 Å². The molecule has 5 nitrogen and oxygen atoms in total. The Morgan fingerprint density at radius 3 is 2.68 bits per heavy atom. The second-order valence-electron chi connectivity index (χ2n) is 4.15. The molecule has 98 valence electrons. The molecule has 2 heterocycles. The minimum absolute atomic E-state index is 0.445. The highest BCUT2D eigenvalue weighted by Gasteiger charge is 2.11. The number of anilines is 1. The zero-order chi connectivity index (χ0) is 13.4. The fourth-order valence-electron chi connectivity index (χ4n) is 2.01. The summed E-state index contributed by atoms with van der Waals surface area (Å²) in [6.45, 7) is 1.38. The van der Waals surface area contributed by atoms with Gasteiger partial charge in [0.05, 0.1) is 27.6 Å². The van der Waals surface area contributed by atoms with E-state index in [2.05, 4.69) is 10.1 Å². The van der Waals surface area contributed by atoms with Crippen molar-refractivity contribution in [3.8, 4) is 0 Å². The van der Waals surface area contributed by atoms with Crippen molar-refractivity contribution < 1.29 is 0 Å². The Balaban J connectivity index is 1.98. The van der Waals surface area contributed by atoms with Gasteiger partial charge in [-0.15, -0.1) is 0 Å². The molecule has 0 atom stereocenters. The van der Waals surface area contributed by atoms with Crippen LogP contribution in [0.3, 0.4) is 0 Å². The molecule has 0 aliphatic rings. The van der Waals surface area contributed by atoms with Crippen molar-refractivity contribution in [1.82, 2.24) is 19.3 Å². The number of hydrogen-bond acceptors (Lipinski definition) is 3. The van der Waals surface area contributed by atoms with Crippen LogP contribution in [0.4, 0.5) is 5.95 Å². The molecule has 0 fully saturated rings. The summed E-state index contributed by atoms with van der Waals surface area (Å²) < 4.78 is 3.74. The Hall–Kier alpha value is -1.72. The van der Waals surface area contributed by atoms with Gasteiger partial charge in [-0.2, -0.15) is 5.10 Å². The lowest BCUT2D eigenvalue weighted by molar-refractivity contribution is 0.545. The predicted octanol–water partition coefficient (Wildman–Crippen LogP) is 2.82. The number of nitrogen functional groups attached to an aromatic ring is 1. The molecule has 1 aromatic carbocycles. The lowest BCUT2D eigenvalue weighted by Crippen LogP contribution is -2.10. The summed E-state index contributed by atoms with van der Waals surface area (Å²) in [6, 6.07) is 5.39. The van der Waals surface area contributed by atoms with Crippen LogP contribution in [0, 0.1) is 0 Å². The Morgan fingerprint density at radius 2 is 1.95 bits per heavy atom. The van der Waals surface area contributed by atoms with Crippen LogP contribution >= 0.6 is 23.2 Å². The molecular weight excluding hydrogens is 285 g/mol. The number of halogens is 2. The average molecular weight is 296 g/mol. The Labute approximate surface area is 119 Å². The van der Waals surface area contributed by atoms with E-state index in [1.165, 1.54) is 0 Å². The molecule has 2 aromatic heterocycles. The van der Waals surface area contributed by atoms with Gasteiger partial charge in [-0.1, -0.05) is 23.2 Å². The van der Waals surface area contributed by atoms with Gasteiger partial charge in [0.25, 0.3) is 0 Å². The quantitative estimate of drug-likeness (QED) is 0.808. The highest BCUT2D eigenvalue weighted by atomic mass is 35.5. The number of nitrogens with two attached hydrogens (primary N) is 1. The van der Waals surface area contributed by atoms with Crippen LogP contribution in [0.5, 0.6) is 0 Å². The van der Waals surface area contributed by atoms with Crippen molar-refractivity contribution in [2.75, 3.05) is 5.73 Å². The smallest absolute Gasteiger partial charge is 0.201 e. The Bertz CT molecular complexity index is 717. The van der Waals surface area contributed by atoms with Crippen molar-refractivity contribution in [1.29, 1.82) is 0 Å². The molecule has 3 aromatic rings. The lowest BCUT2D eigenvalue weighted by atomic mass is 10.3. The number of benzene rings is 1. The van der Waals surface area contributed by atoms with Gasteiger partial charge in [0.2, 0.25) is 5.95 Å². The Kier molecular flexibility index (Phi) is 3.08. The molecule has 3 rings (SSSR count). The first-order valence-electron chi connectivity index (χ1n) is 5.73. The molecule has 0 saturated carbocycles. The summed E-state index contributed by atoms with van der Waals surface area (Å²) in [7, 11) is 0. The predicted molar refractivity (Wildman–Crippen MR) is 76.4 cm³/mol. The molecule has 0 bridgehead atoms. The minimum atomic E-state index is 0.445. The molecule has 0 radical (unpaired) electrons. The van der Waals surface area contributed by atoms with Gasteiger partial charge < -0.3 is 10.3 Å². The maximum Gasteiger partial charge on any atom is 0.201 e. The normalized spacial score (nSPS) is 11.3. The van der Waals surface area contributed by atoms with E-state index in [1.54, 1.807) is 18.3 Å². The highest BCUT2D eigenvalue weighted by molar-refractivity contribution is 6.42. The topological polar surface area (TPSA) is 61.7 Å². The standard InChI is InChI=1S/C12H11Cl2N5/c13-8-6-10-11(7-9(8)14)19(12(15)17-10)5-4-18-3-1-2-16-18/h1-3,6-7H,4-5H2,(H2,15,17). The van der Waals surface area contributed by atoms with Gasteiger partial charge in [0.15, 0.2) is 0 Å². The van der Waals surface area contributed by atoms with E-state index >= 15 is 0 Å². The van der Waals surface area contributed by atoms with E-state index in [4.69, 9.17) is 28.9 Å².